The van der Waals surface area contributed by atoms with Crippen molar-refractivity contribution in [2.24, 2.45) is 0 Å². The lowest BCUT2D eigenvalue weighted by Gasteiger charge is -2.31. The summed E-state index contributed by atoms with van der Waals surface area (Å²) in [5.74, 6) is -0.890. The second-order valence-corrected chi connectivity index (χ2v) is 7.72. The van der Waals surface area contributed by atoms with Crippen molar-refractivity contribution in [1.29, 1.82) is 0 Å². The molecule has 1 aliphatic heterocycles. The van der Waals surface area contributed by atoms with Crippen LogP contribution in [-0.2, 0) is 6.54 Å². The number of carbonyl (C=O) groups is 1. The summed E-state index contributed by atoms with van der Waals surface area (Å²) < 4.78 is 0. The number of likely N-dealkylation sites (tertiary alicyclic amines) is 1. The second kappa shape index (κ2) is 8.61. The van der Waals surface area contributed by atoms with Crippen molar-refractivity contribution in [3.8, 4) is 0 Å². The molecule has 4 nitrogen and oxygen atoms in total. The highest BCUT2D eigenvalue weighted by Gasteiger charge is 2.24. The van der Waals surface area contributed by atoms with E-state index in [0.29, 0.717) is 11.6 Å². The largest absolute Gasteiger partial charge is 0.478 e. The molecule has 134 valence electrons. The first-order valence-electron chi connectivity index (χ1n) is 8.91. The number of carboxylic acids is 1. The van der Waals surface area contributed by atoms with Gasteiger partial charge in [0.25, 0.3) is 0 Å². The Morgan fingerprint density at radius 1 is 1.20 bits per heavy atom. The summed E-state index contributed by atoms with van der Waals surface area (Å²) in [4.78, 5) is 14.5. The number of benzene rings is 1. The maximum absolute atomic E-state index is 11.0. The lowest BCUT2D eigenvalue weighted by Crippen LogP contribution is -2.35. The molecule has 25 heavy (non-hydrogen) atoms. The summed E-state index contributed by atoms with van der Waals surface area (Å²) in [6.07, 6.45) is 5.08. The monoisotopic (exact) mass is 359 g/mol. The number of hydrogen-bond acceptors (Lipinski definition) is 4. The maximum atomic E-state index is 11.0. The van der Waals surface area contributed by atoms with E-state index in [9.17, 15) is 9.90 Å². The van der Waals surface area contributed by atoms with Gasteiger partial charge in [-0.15, -0.1) is 11.3 Å². The summed E-state index contributed by atoms with van der Waals surface area (Å²) in [6.45, 7) is 1.84. The van der Waals surface area contributed by atoms with Gasteiger partial charge in [-0.25, -0.2) is 4.79 Å². The summed E-state index contributed by atoms with van der Waals surface area (Å²) in [7, 11) is 0. The van der Waals surface area contributed by atoms with Gasteiger partial charge >= 0.3 is 5.97 Å². The number of aliphatic hydroxyl groups is 1. The third-order valence-corrected chi connectivity index (χ3v) is 5.93. The first-order valence-corrected chi connectivity index (χ1v) is 9.79. The minimum atomic E-state index is -0.890. The number of aromatic carboxylic acids is 1. The van der Waals surface area contributed by atoms with E-state index in [4.69, 9.17) is 5.11 Å². The van der Waals surface area contributed by atoms with Crippen LogP contribution >= 0.6 is 11.3 Å². The van der Waals surface area contributed by atoms with Crippen molar-refractivity contribution >= 4 is 17.3 Å². The van der Waals surface area contributed by atoms with E-state index in [1.165, 1.54) is 19.3 Å². The number of aliphatic hydroxyl groups excluding tert-OH is 1. The normalized spacial score (nSPS) is 20.1. The van der Waals surface area contributed by atoms with E-state index >= 15 is 0 Å². The van der Waals surface area contributed by atoms with E-state index < -0.39 is 12.1 Å². The Balaban J connectivity index is 1.68. The predicted molar refractivity (Wildman–Crippen MR) is 100.0 cm³/mol. The molecular formula is C20H25NO3S. The van der Waals surface area contributed by atoms with Crippen LogP contribution in [0.4, 0.5) is 0 Å². The minimum absolute atomic E-state index is 0.323. The van der Waals surface area contributed by atoms with Gasteiger partial charge in [0.2, 0.25) is 0 Å². The molecule has 3 rings (SSSR count). The molecule has 0 spiro atoms. The highest BCUT2D eigenvalue weighted by molar-refractivity contribution is 7.10. The van der Waals surface area contributed by atoms with Gasteiger partial charge in [-0.2, -0.15) is 0 Å². The Bertz CT molecular complexity index is 669. The zero-order valence-electron chi connectivity index (χ0n) is 14.3. The van der Waals surface area contributed by atoms with Gasteiger partial charge in [-0.3, -0.25) is 4.90 Å². The molecule has 1 saturated heterocycles. The molecule has 2 atom stereocenters. The standard InChI is InChI=1S/C20H25NO3S/c22-18(19-6-4-12-25-19)13-17-5-2-1-3-11-21(17)14-15-7-9-16(10-8-15)20(23)24/h4,6-10,12,17-18,22H,1-3,5,11,13-14H2,(H,23,24). The van der Waals surface area contributed by atoms with Gasteiger partial charge in [0, 0.05) is 17.5 Å². The summed E-state index contributed by atoms with van der Waals surface area (Å²) in [5, 5.41) is 21.6. The van der Waals surface area contributed by atoms with Gasteiger partial charge in [-0.1, -0.05) is 31.0 Å². The van der Waals surface area contributed by atoms with Crippen LogP contribution in [0.2, 0.25) is 0 Å². The summed E-state index contributed by atoms with van der Waals surface area (Å²) >= 11 is 1.61. The molecule has 0 saturated carbocycles. The molecule has 1 fully saturated rings. The highest BCUT2D eigenvalue weighted by atomic mass is 32.1. The number of nitrogens with zero attached hydrogens (tertiary/aromatic N) is 1. The van der Waals surface area contributed by atoms with Crippen molar-refractivity contribution in [2.75, 3.05) is 6.54 Å². The first-order chi connectivity index (χ1) is 12.1. The van der Waals surface area contributed by atoms with Crippen LogP contribution in [0, 0.1) is 0 Å². The van der Waals surface area contributed by atoms with Crippen LogP contribution in [0.5, 0.6) is 0 Å². The average molecular weight is 359 g/mol. The molecule has 0 aliphatic carbocycles. The van der Waals surface area contributed by atoms with E-state index in [2.05, 4.69) is 4.90 Å². The SMILES string of the molecule is O=C(O)c1ccc(CN2CCCCCC2CC(O)c2cccs2)cc1. The lowest BCUT2D eigenvalue weighted by atomic mass is 10.0. The number of rotatable bonds is 6. The molecule has 2 unspecified atom stereocenters. The third kappa shape index (κ3) is 4.91. The molecule has 2 N–H and O–H groups in total. The lowest BCUT2D eigenvalue weighted by molar-refractivity contribution is 0.0696. The highest BCUT2D eigenvalue weighted by Crippen LogP contribution is 2.29. The van der Waals surface area contributed by atoms with E-state index in [-0.39, 0.29) is 0 Å². The molecule has 2 heterocycles. The fraction of sp³-hybridized carbons (Fsp3) is 0.450. The molecule has 1 aromatic heterocycles. The molecule has 2 aromatic rings. The first kappa shape index (κ1) is 18.1. The molecular weight excluding hydrogens is 334 g/mol. The average Bonchev–Trinajstić information content (AvgIpc) is 3.06. The quantitative estimate of drug-likeness (QED) is 0.807. The molecule has 5 heteroatoms. The predicted octanol–water partition coefficient (Wildman–Crippen LogP) is 4.31. The van der Waals surface area contributed by atoms with Crippen LogP contribution in [-0.4, -0.2) is 33.7 Å². The van der Waals surface area contributed by atoms with Gasteiger partial charge in [0.15, 0.2) is 0 Å². The zero-order chi connectivity index (χ0) is 17.6. The Labute approximate surface area is 152 Å². The smallest absolute Gasteiger partial charge is 0.335 e. The van der Waals surface area contributed by atoms with Crippen molar-refractivity contribution in [3.05, 3.63) is 57.8 Å². The van der Waals surface area contributed by atoms with Crippen molar-refractivity contribution in [1.82, 2.24) is 4.90 Å². The topological polar surface area (TPSA) is 60.8 Å². The van der Waals surface area contributed by atoms with Gasteiger partial charge in [-0.05, 0) is 54.9 Å². The Kier molecular flexibility index (Phi) is 6.24. The van der Waals surface area contributed by atoms with Gasteiger partial charge < -0.3 is 10.2 Å². The van der Waals surface area contributed by atoms with Gasteiger partial charge in [0.1, 0.15) is 0 Å². The Morgan fingerprint density at radius 3 is 2.68 bits per heavy atom. The Hall–Kier alpha value is -1.69. The van der Waals surface area contributed by atoms with Gasteiger partial charge in [0.05, 0.1) is 11.7 Å². The molecule has 1 aliphatic rings. The molecule has 0 bridgehead atoms. The summed E-state index contributed by atoms with van der Waals surface area (Å²) in [6, 6.07) is 11.5. The van der Waals surface area contributed by atoms with Crippen molar-refractivity contribution in [3.63, 3.8) is 0 Å². The van der Waals surface area contributed by atoms with Crippen LogP contribution < -0.4 is 0 Å². The van der Waals surface area contributed by atoms with E-state index in [1.54, 1.807) is 23.5 Å². The van der Waals surface area contributed by atoms with Crippen LogP contribution in [0.1, 0.15) is 59.0 Å². The molecule has 1 aromatic carbocycles. The van der Waals surface area contributed by atoms with Crippen LogP contribution in [0.25, 0.3) is 0 Å². The summed E-state index contributed by atoms with van der Waals surface area (Å²) in [5.41, 5.74) is 1.45. The fourth-order valence-electron chi connectivity index (χ4n) is 3.55. The van der Waals surface area contributed by atoms with Crippen molar-refractivity contribution < 1.29 is 15.0 Å². The van der Waals surface area contributed by atoms with E-state index in [1.807, 2.05) is 29.6 Å². The Morgan fingerprint density at radius 2 is 2.00 bits per heavy atom. The minimum Gasteiger partial charge on any atom is -0.478 e. The molecule has 0 amide bonds. The van der Waals surface area contributed by atoms with Crippen LogP contribution in [0.3, 0.4) is 0 Å². The molecule has 0 radical (unpaired) electrons. The van der Waals surface area contributed by atoms with Crippen molar-refractivity contribution in [2.45, 2.75) is 50.8 Å². The second-order valence-electron chi connectivity index (χ2n) is 6.74. The van der Waals surface area contributed by atoms with Crippen LogP contribution in [0.15, 0.2) is 41.8 Å². The maximum Gasteiger partial charge on any atom is 0.335 e. The zero-order valence-corrected chi connectivity index (χ0v) is 15.1. The third-order valence-electron chi connectivity index (χ3n) is 4.95. The fourth-order valence-corrected chi connectivity index (χ4v) is 4.28. The number of thiophene rings is 1. The number of hydrogen-bond donors (Lipinski definition) is 2. The van der Waals surface area contributed by atoms with E-state index in [0.717, 1.165) is 36.4 Å². The number of carboxylic acid groups (broad SMARTS) is 1.